The highest BCUT2D eigenvalue weighted by atomic mass is 15.2. The largest absolute Gasteiger partial charge is 0.399 e. The zero-order valence-corrected chi connectivity index (χ0v) is 11.9. The molecule has 0 spiro atoms. The summed E-state index contributed by atoms with van der Waals surface area (Å²) in [6, 6.07) is 10.1. The van der Waals surface area contributed by atoms with Gasteiger partial charge in [0.25, 0.3) is 0 Å². The molecular weight excluding hydrogens is 232 g/mol. The van der Waals surface area contributed by atoms with Gasteiger partial charge in [-0.2, -0.15) is 0 Å². The maximum atomic E-state index is 5.91. The highest BCUT2D eigenvalue weighted by molar-refractivity contribution is 5.40. The molecule has 0 saturated heterocycles. The van der Waals surface area contributed by atoms with Crippen molar-refractivity contribution in [3.63, 3.8) is 0 Å². The monoisotopic (exact) mass is 258 g/mol. The quantitative estimate of drug-likeness (QED) is 0.654. The summed E-state index contributed by atoms with van der Waals surface area (Å²) in [6.45, 7) is 1.10. The molecule has 0 amide bonds. The van der Waals surface area contributed by atoms with Gasteiger partial charge in [-0.1, -0.05) is 37.8 Å². The Morgan fingerprint density at radius 3 is 2.26 bits per heavy atom. The summed E-state index contributed by atoms with van der Waals surface area (Å²) in [5.41, 5.74) is 8.19. The van der Waals surface area contributed by atoms with E-state index >= 15 is 0 Å². The smallest absolute Gasteiger partial charge is 0.0317 e. The molecule has 2 nitrogen and oxygen atoms in total. The molecule has 2 aliphatic carbocycles. The Labute approximate surface area is 117 Å². The number of hydrogen-bond acceptors (Lipinski definition) is 2. The summed E-state index contributed by atoms with van der Waals surface area (Å²) in [4.78, 5) is 2.78. The first-order valence-corrected chi connectivity index (χ1v) is 7.93. The number of benzene rings is 1. The van der Waals surface area contributed by atoms with Crippen molar-refractivity contribution >= 4 is 5.69 Å². The van der Waals surface area contributed by atoms with E-state index in [1.54, 1.807) is 0 Å². The molecule has 19 heavy (non-hydrogen) atoms. The summed E-state index contributed by atoms with van der Waals surface area (Å²) in [6.07, 6.45) is 11.3. The molecule has 2 aliphatic rings. The molecule has 2 heteroatoms. The van der Waals surface area contributed by atoms with Gasteiger partial charge in [0.15, 0.2) is 0 Å². The van der Waals surface area contributed by atoms with Crippen molar-refractivity contribution in [3.05, 3.63) is 29.8 Å². The molecule has 0 aromatic heterocycles. The Kier molecular flexibility index (Phi) is 4.07. The standard InChI is InChI=1S/C17H26N2/c18-15-7-5-6-14(12-15)13-19(17-10-11-17)16-8-3-1-2-4-9-16/h5-7,12,16-17H,1-4,8-11,13,18H2. The van der Waals surface area contributed by atoms with Gasteiger partial charge >= 0.3 is 0 Å². The second kappa shape index (κ2) is 5.96. The van der Waals surface area contributed by atoms with Crippen LogP contribution < -0.4 is 5.73 Å². The normalized spacial score (nSPS) is 21.5. The van der Waals surface area contributed by atoms with Gasteiger partial charge in [0.05, 0.1) is 0 Å². The van der Waals surface area contributed by atoms with Crippen molar-refractivity contribution in [2.75, 3.05) is 5.73 Å². The van der Waals surface area contributed by atoms with E-state index in [4.69, 9.17) is 5.73 Å². The van der Waals surface area contributed by atoms with Gasteiger partial charge in [0.1, 0.15) is 0 Å². The minimum absolute atomic E-state index is 0.816. The van der Waals surface area contributed by atoms with E-state index in [1.165, 1.54) is 56.9 Å². The van der Waals surface area contributed by atoms with Crippen LogP contribution in [0.2, 0.25) is 0 Å². The van der Waals surface area contributed by atoms with Crippen molar-refractivity contribution in [2.24, 2.45) is 0 Å². The fourth-order valence-electron chi connectivity index (χ4n) is 3.45. The third-order valence-corrected chi connectivity index (χ3v) is 4.63. The number of nitrogens with two attached hydrogens (primary N) is 1. The van der Waals surface area contributed by atoms with Gasteiger partial charge in [0.2, 0.25) is 0 Å². The van der Waals surface area contributed by atoms with E-state index in [1.807, 2.05) is 6.07 Å². The van der Waals surface area contributed by atoms with Crippen LogP contribution in [0.3, 0.4) is 0 Å². The van der Waals surface area contributed by atoms with E-state index in [2.05, 4.69) is 23.1 Å². The lowest BCUT2D eigenvalue weighted by atomic mass is 10.1. The summed E-state index contributed by atoms with van der Waals surface area (Å²) in [5.74, 6) is 0. The maximum Gasteiger partial charge on any atom is 0.0317 e. The number of hydrogen-bond donors (Lipinski definition) is 1. The summed E-state index contributed by atoms with van der Waals surface area (Å²) >= 11 is 0. The average molecular weight is 258 g/mol. The fraction of sp³-hybridized carbons (Fsp3) is 0.647. The van der Waals surface area contributed by atoms with Crippen LogP contribution in [-0.4, -0.2) is 17.0 Å². The van der Waals surface area contributed by atoms with E-state index in [-0.39, 0.29) is 0 Å². The van der Waals surface area contributed by atoms with Crippen LogP contribution in [0.15, 0.2) is 24.3 Å². The molecule has 1 aromatic carbocycles. The summed E-state index contributed by atoms with van der Waals surface area (Å²) in [7, 11) is 0. The molecule has 0 bridgehead atoms. The summed E-state index contributed by atoms with van der Waals surface area (Å²) in [5, 5.41) is 0. The van der Waals surface area contributed by atoms with Crippen molar-refractivity contribution in [1.29, 1.82) is 0 Å². The molecule has 2 N–H and O–H groups in total. The topological polar surface area (TPSA) is 29.3 Å². The van der Waals surface area contributed by atoms with Crippen molar-refractivity contribution in [2.45, 2.75) is 70.0 Å². The van der Waals surface area contributed by atoms with Crippen LogP contribution in [0.1, 0.15) is 56.9 Å². The maximum absolute atomic E-state index is 5.91. The average Bonchev–Trinajstić information content (AvgIpc) is 3.23. The molecule has 0 heterocycles. The highest BCUT2D eigenvalue weighted by Crippen LogP contribution is 2.34. The Morgan fingerprint density at radius 2 is 1.63 bits per heavy atom. The predicted molar refractivity (Wildman–Crippen MR) is 80.9 cm³/mol. The second-order valence-corrected chi connectivity index (χ2v) is 6.29. The molecule has 1 aromatic rings. The number of nitrogens with zero attached hydrogens (tertiary/aromatic N) is 1. The van der Waals surface area contributed by atoms with Gasteiger partial charge in [-0.05, 0) is 43.4 Å². The number of anilines is 1. The van der Waals surface area contributed by atoms with Gasteiger partial charge in [-0.3, -0.25) is 4.90 Å². The molecule has 104 valence electrons. The number of rotatable bonds is 4. The van der Waals surface area contributed by atoms with Crippen LogP contribution in [0, 0.1) is 0 Å². The second-order valence-electron chi connectivity index (χ2n) is 6.29. The predicted octanol–water partition coefficient (Wildman–Crippen LogP) is 3.96. The van der Waals surface area contributed by atoms with Crippen molar-refractivity contribution in [1.82, 2.24) is 4.90 Å². The molecule has 2 saturated carbocycles. The molecule has 0 atom stereocenters. The van der Waals surface area contributed by atoms with E-state index in [9.17, 15) is 0 Å². The van der Waals surface area contributed by atoms with E-state index in [0.29, 0.717) is 0 Å². The van der Waals surface area contributed by atoms with Crippen LogP contribution in [-0.2, 0) is 6.54 Å². The van der Waals surface area contributed by atoms with Crippen LogP contribution in [0.25, 0.3) is 0 Å². The lowest BCUT2D eigenvalue weighted by Crippen LogP contribution is -2.36. The first kappa shape index (κ1) is 13.0. The zero-order valence-electron chi connectivity index (χ0n) is 11.9. The fourth-order valence-corrected chi connectivity index (χ4v) is 3.45. The minimum atomic E-state index is 0.816. The minimum Gasteiger partial charge on any atom is -0.399 e. The molecule has 0 radical (unpaired) electrons. The number of nitrogen functional groups attached to an aromatic ring is 1. The van der Waals surface area contributed by atoms with Crippen LogP contribution in [0.5, 0.6) is 0 Å². The zero-order chi connectivity index (χ0) is 13.1. The third kappa shape index (κ3) is 3.50. The van der Waals surface area contributed by atoms with Gasteiger partial charge in [-0.15, -0.1) is 0 Å². The Morgan fingerprint density at radius 1 is 0.947 bits per heavy atom. The van der Waals surface area contributed by atoms with Crippen LogP contribution >= 0.6 is 0 Å². The van der Waals surface area contributed by atoms with Crippen LogP contribution in [0.4, 0.5) is 5.69 Å². The first-order valence-electron chi connectivity index (χ1n) is 7.93. The van der Waals surface area contributed by atoms with E-state index < -0.39 is 0 Å². The molecule has 0 aliphatic heterocycles. The first-order chi connectivity index (χ1) is 9.33. The third-order valence-electron chi connectivity index (χ3n) is 4.63. The van der Waals surface area contributed by atoms with Gasteiger partial charge < -0.3 is 5.73 Å². The van der Waals surface area contributed by atoms with Gasteiger partial charge in [0, 0.05) is 24.3 Å². The lowest BCUT2D eigenvalue weighted by Gasteiger charge is -2.31. The van der Waals surface area contributed by atoms with Crippen molar-refractivity contribution in [3.8, 4) is 0 Å². The lowest BCUT2D eigenvalue weighted by molar-refractivity contribution is 0.160. The SMILES string of the molecule is Nc1cccc(CN(C2CCCCCC2)C2CC2)c1. The highest BCUT2D eigenvalue weighted by Gasteiger charge is 2.33. The Hall–Kier alpha value is -1.02. The molecule has 2 fully saturated rings. The molecule has 3 rings (SSSR count). The van der Waals surface area contributed by atoms with Crippen molar-refractivity contribution < 1.29 is 0 Å². The van der Waals surface area contributed by atoms with E-state index in [0.717, 1.165) is 24.3 Å². The molecule has 0 unspecified atom stereocenters. The van der Waals surface area contributed by atoms with Gasteiger partial charge in [-0.25, -0.2) is 0 Å². The Balaban J connectivity index is 1.69. The molecular formula is C17H26N2. The Bertz CT molecular complexity index is 403. The summed E-state index contributed by atoms with van der Waals surface area (Å²) < 4.78 is 0.